The summed E-state index contributed by atoms with van der Waals surface area (Å²) in [6.45, 7) is 10.8. The summed E-state index contributed by atoms with van der Waals surface area (Å²) in [5, 5.41) is 3.51. The highest BCUT2D eigenvalue weighted by Crippen LogP contribution is 2.30. The average molecular weight is 264 g/mol. The van der Waals surface area contributed by atoms with E-state index in [0.29, 0.717) is 6.04 Å². The van der Waals surface area contributed by atoms with Crippen LogP contribution in [0, 0.1) is 5.82 Å². The Bertz CT molecular complexity index is 437. The largest absolute Gasteiger partial charge is 0.368 e. The number of nitrogens with zero attached hydrogens (tertiary/aromatic N) is 1. The molecule has 2 rings (SSSR count). The van der Waals surface area contributed by atoms with Crippen molar-refractivity contribution in [3.05, 3.63) is 29.6 Å². The fourth-order valence-corrected chi connectivity index (χ4v) is 2.65. The lowest BCUT2D eigenvalue weighted by Crippen LogP contribution is -2.40. The zero-order valence-electron chi connectivity index (χ0n) is 12.5. The predicted molar refractivity (Wildman–Crippen MR) is 79.3 cm³/mol. The molecule has 106 valence electrons. The molecule has 0 aliphatic carbocycles. The molecule has 3 heteroatoms. The van der Waals surface area contributed by atoms with E-state index in [1.165, 1.54) is 5.56 Å². The summed E-state index contributed by atoms with van der Waals surface area (Å²) in [7, 11) is 0. The van der Waals surface area contributed by atoms with E-state index in [1.54, 1.807) is 12.1 Å². The van der Waals surface area contributed by atoms with Crippen molar-refractivity contribution < 1.29 is 4.39 Å². The van der Waals surface area contributed by atoms with Crippen molar-refractivity contribution in [3.63, 3.8) is 0 Å². The summed E-state index contributed by atoms with van der Waals surface area (Å²) >= 11 is 0. The lowest BCUT2D eigenvalue weighted by atomic mass is 10.1. The Morgan fingerprint density at radius 3 is 2.79 bits per heavy atom. The van der Waals surface area contributed by atoms with Crippen LogP contribution in [0.3, 0.4) is 0 Å². The highest BCUT2D eigenvalue weighted by atomic mass is 19.1. The Labute approximate surface area is 116 Å². The van der Waals surface area contributed by atoms with Crippen LogP contribution in [0.15, 0.2) is 18.2 Å². The number of anilines is 1. The van der Waals surface area contributed by atoms with Crippen LogP contribution >= 0.6 is 0 Å². The van der Waals surface area contributed by atoms with Gasteiger partial charge in [-0.3, -0.25) is 0 Å². The summed E-state index contributed by atoms with van der Waals surface area (Å²) in [6, 6.07) is 5.60. The van der Waals surface area contributed by atoms with Gasteiger partial charge in [-0.15, -0.1) is 0 Å². The van der Waals surface area contributed by atoms with Crippen molar-refractivity contribution in [1.29, 1.82) is 0 Å². The molecular weight excluding hydrogens is 239 g/mol. The van der Waals surface area contributed by atoms with Gasteiger partial charge in [-0.05, 0) is 64.8 Å². The summed E-state index contributed by atoms with van der Waals surface area (Å²) < 4.78 is 13.4. The molecule has 0 radical (unpaired) electrons. The van der Waals surface area contributed by atoms with Gasteiger partial charge >= 0.3 is 0 Å². The molecule has 1 unspecified atom stereocenters. The van der Waals surface area contributed by atoms with Crippen molar-refractivity contribution in [2.45, 2.75) is 52.1 Å². The number of hydrogen-bond donors (Lipinski definition) is 1. The maximum Gasteiger partial charge on any atom is 0.125 e. The van der Waals surface area contributed by atoms with E-state index in [2.05, 4.69) is 37.9 Å². The van der Waals surface area contributed by atoms with E-state index in [4.69, 9.17) is 0 Å². The number of benzene rings is 1. The van der Waals surface area contributed by atoms with Gasteiger partial charge in [0, 0.05) is 23.8 Å². The Morgan fingerprint density at radius 1 is 1.37 bits per heavy atom. The first kappa shape index (κ1) is 14.3. The quantitative estimate of drug-likeness (QED) is 0.897. The molecule has 1 heterocycles. The summed E-state index contributed by atoms with van der Waals surface area (Å²) in [4.78, 5) is 2.34. The normalized spacial score (nSPS) is 16.6. The molecule has 1 N–H and O–H groups in total. The molecule has 2 nitrogen and oxygen atoms in total. The van der Waals surface area contributed by atoms with Crippen LogP contribution in [0.4, 0.5) is 10.1 Å². The number of rotatable bonds is 4. The SMILES string of the molecule is CC(CCNC(C)(C)C)N1CCc2ccc(F)cc21. The number of halogens is 1. The molecule has 0 fully saturated rings. The summed E-state index contributed by atoms with van der Waals surface area (Å²) in [5.41, 5.74) is 2.52. The van der Waals surface area contributed by atoms with E-state index in [0.717, 1.165) is 31.6 Å². The Kier molecular flexibility index (Phi) is 4.14. The molecule has 0 saturated heterocycles. The van der Waals surface area contributed by atoms with Gasteiger partial charge in [-0.1, -0.05) is 6.07 Å². The zero-order chi connectivity index (χ0) is 14.0. The van der Waals surface area contributed by atoms with Crippen molar-refractivity contribution in [3.8, 4) is 0 Å². The minimum atomic E-state index is -0.134. The monoisotopic (exact) mass is 264 g/mol. The topological polar surface area (TPSA) is 15.3 Å². The molecule has 1 atom stereocenters. The third kappa shape index (κ3) is 3.69. The molecular formula is C16H25FN2. The molecule has 0 bridgehead atoms. The molecule has 19 heavy (non-hydrogen) atoms. The van der Waals surface area contributed by atoms with E-state index < -0.39 is 0 Å². The van der Waals surface area contributed by atoms with Gasteiger partial charge in [-0.2, -0.15) is 0 Å². The zero-order valence-corrected chi connectivity index (χ0v) is 12.5. The smallest absolute Gasteiger partial charge is 0.125 e. The highest BCUT2D eigenvalue weighted by molar-refractivity contribution is 5.58. The van der Waals surface area contributed by atoms with Crippen LogP contribution in [0.2, 0.25) is 0 Å². The minimum absolute atomic E-state index is 0.134. The van der Waals surface area contributed by atoms with Gasteiger partial charge in [0.15, 0.2) is 0 Å². The predicted octanol–water partition coefficient (Wildman–Crippen LogP) is 3.35. The van der Waals surface area contributed by atoms with E-state index in [1.807, 2.05) is 6.07 Å². The summed E-state index contributed by atoms with van der Waals surface area (Å²) in [5.74, 6) is -0.134. The molecule has 0 amide bonds. The number of hydrogen-bond acceptors (Lipinski definition) is 2. The standard InChI is InChI=1S/C16H25FN2/c1-12(7-9-18-16(2,3)4)19-10-8-13-5-6-14(17)11-15(13)19/h5-6,11-12,18H,7-10H2,1-4H3. The van der Waals surface area contributed by atoms with E-state index in [-0.39, 0.29) is 11.4 Å². The van der Waals surface area contributed by atoms with Crippen molar-refractivity contribution >= 4 is 5.69 Å². The third-order valence-electron chi connectivity index (χ3n) is 3.73. The Morgan fingerprint density at radius 2 is 2.11 bits per heavy atom. The Hall–Kier alpha value is -1.09. The highest BCUT2D eigenvalue weighted by Gasteiger charge is 2.23. The molecule has 1 aliphatic rings. The summed E-state index contributed by atoms with van der Waals surface area (Å²) in [6.07, 6.45) is 2.11. The van der Waals surface area contributed by atoms with Crippen molar-refractivity contribution in [2.75, 3.05) is 18.0 Å². The van der Waals surface area contributed by atoms with Gasteiger partial charge in [0.05, 0.1) is 0 Å². The second-order valence-electron chi connectivity index (χ2n) is 6.53. The van der Waals surface area contributed by atoms with Crippen LogP contribution in [0.1, 0.15) is 39.7 Å². The van der Waals surface area contributed by atoms with E-state index in [9.17, 15) is 4.39 Å². The molecule has 1 aromatic rings. The number of fused-ring (bicyclic) bond motifs is 1. The number of nitrogens with one attached hydrogen (secondary N) is 1. The molecule has 0 saturated carbocycles. The van der Waals surface area contributed by atoms with Gasteiger partial charge in [0.1, 0.15) is 5.82 Å². The van der Waals surface area contributed by atoms with Gasteiger partial charge < -0.3 is 10.2 Å². The first-order chi connectivity index (χ1) is 8.87. The second-order valence-corrected chi connectivity index (χ2v) is 6.53. The van der Waals surface area contributed by atoms with Gasteiger partial charge in [-0.25, -0.2) is 4.39 Å². The average Bonchev–Trinajstić information content (AvgIpc) is 2.69. The molecule has 1 aromatic carbocycles. The fourth-order valence-electron chi connectivity index (χ4n) is 2.65. The van der Waals surface area contributed by atoms with Gasteiger partial charge in [0.2, 0.25) is 0 Å². The van der Waals surface area contributed by atoms with Crippen LogP contribution in [0.25, 0.3) is 0 Å². The van der Waals surface area contributed by atoms with Crippen LogP contribution in [-0.2, 0) is 6.42 Å². The first-order valence-electron chi connectivity index (χ1n) is 7.17. The van der Waals surface area contributed by atoms with Crippen molar-refractivity contribution in [2.24, 2.45) is 0 Å². The van der Waals surface area contributed by atoms with Gasteiger partial charge in [0.25, 0.3) is 0 Å². The van der Waals surface area contributed by atoms with E-state index >= 15 is 0 Å². The Balaban J connectivity index is 1.95. The van der Waals surface area contributed by atoms with Crippen LogP contribution < -0.4 is 10.2 Å². The third-order valence-corrected chi connectivity index (χ3v) is 3.73. The second kappa shape index (κ2) is 5.49. The fraction of sp³-hybridized carbons (Fsp3) is 0.625. The molecule has 1 aliphatic heterocycles. The van der Waals surface area contributed by atoms with Crippen LogP contribution in [0.5, 0.6) is 0 Å². The molecule has 0 spiro atoms. The van der Waals surface area contributed by atoms with Crippen molar-refractivity contribution in [1.82, 2.24) is 5.32 Å². The first-order valence-corrected chi connectivity index (χ1v) is 7.17. The molecule has 0 aromatic heterocycles. The lowest BCUT2D eigenvalue weighted by molar-refractivity contribution is 0.410. The maximum atomic E-state index is 13.4. The maximum absolute atomic E-state index is 13.4. The van der Waals surface area contributed by atoms with Crippen LogP contribution in [-0.4, -0.2) is 24.7 Å². The minimum Gasteiger partial charge on any atom is -0.368 e. The lowest BCUT2D eigenvalue weighted by Gasteiger charge is -2.29.